The molecule has 0 aliphatic carbocycles. The van der Waals surface area contributed by atoms with Crippen LogP contribution in [0.25, 0.3) is 0 Å². The number of sulfone groups is 1. The SMILES string of the molecule is CC(=O)N[C@H]1[C@@H](OCCCCCS(=O)(=O)CCN=C(N)CCCS)O[C@H](CO)[C@@H](O[C@@H]2O[C@H](C(=O)O)[C@@H](O[C@H]3O[C@H](CO)[C@@H](O[C@@H]4O[C@@H](C(=O)O)[C@@H](O)[C@H](O)[C@H]4O)[C@H](O)[C@H]3N)[C@H](O)[C@H]2O)[C@@H]1O. The maximum Gasteiger partial charge on any atom is 0.335 e. The highest BCUT2D eigenvalue weighted by molar-refractivity contribution is 7.91. The number of aliphatic hydroxyl groups excluding tert-OH is 9. The number of amidine groups is 1. The van der Waals surface area contributed by atoms with E-state index >= 15 is 0 Å². The lowest BCUT2D eigenvalue weighted by molar-refractivity contribution is -0.370. The fraction of sp³-hybridized carbons (Fsp3) is 0.892. The van der Waals surface area contributed by atoms with Crippen LogP contribution >= 0.6 is 12.6 Å². The molecule has 4 fully saturated rings. The van der Waals surface area contributed by atoms with Crippen molar-refractivity contribution in [2.24, 2.45) is 16.5 Å². The molecule has 4 saturated heterocycles. The van der Waals surface area contributed by atoms with E-state index in [1.54, 1.807) is 0 Å². The zero-order valence-corrected chi connectivity index (χ0v) is 37.9. The molecule has 4 heterocycles. The highest BCUT2D eigenvalue weighted by Gasteiger charge is 2.57. The Labute approximate surface area is 389 Å². The standard InChI is InChI=1S/C37H64N4O24S2/c1-14(44)41-19-21(46)28(16(13-43)60-35(19)58-8-3-2-4-10-67(56,57)11-7-40-17(38)6-5-9-66)62-37-26(51)24(49)29(31(65-37)33(54)55)63-34-18(39)20(45)27(15(12-42)59-34)61-36-25(50)22(47)23(48)30(64-36)32(52)53/h15-16,18-31,34-37,42-43,45-51,66H,2-13,39H2,1H3,(H2,38,40)(H,41,44)(H,52,53)(H,54,55)/t15-,16-,18-,19-,20-,21-,22+,23+,24-,25-,26-,27-,28-,29+,30-,31+,34-,35+,36-,37-/m1/s1. The molecule has 1 amide bonds. The van der Waals surface area contributed by atoms with Gasteiger partial charge in [0, 0.05) is 20.0 Å². The van der Waals surface area contributed by atoms with Gasteiger partial charge in [-0.1, -0.05) is 6.42 Å². The lowest BCUT2D eigenvalue weighted by Crippen LogP contribution is -2.69. The van der Waals surface area contributed by atoms with Crippen LogP contribution in [0.1, 0.15) is 39.0 Å². The van der Waals surface area contributed by atoms with Gasteiger partial charge in [-0.3, -0.25) is 9.79 Å². The van der Waals surface area contributed by atoms with Gasteiger partial charge in [0.1, 0.15) is 79.3 Å². The molecule has 4 aliphatic rings. The molecular weight excluding hydrogens is 949 g/mol. The number of aliphatic imine (C=N–C) groups is 1. The third-order valence-electron chi connectivity index (χ3n) is 11.3. The van der Waals surface area contributed by atoms with Gasteiger partial charge in [-0.25, -0.2) is 18.0 Å². The molecular formula is C37H64N4O24S2. The molecule has 4 aliphatic heterocycles. The van der Waals surface area contributed by atoms with Crippen LogP contribution < -0.4 is 16.8 Å². The molecule has 0 bridgehead atoms. The first-order valence-corrected chi connectivity index (χ1v) is 23.8. The van der Waals surface area contributed by atoms with Gasteiger partial charge in [0.2, 0.25) is 5.91 Å². The van der Waals surface area contributed by atoms with Crippen molar-refractivity contribution in [1.29, 1.82) is 0 Å². The van der Waals surface area contributed by atoms with Crippen molar-refractivity contribution in [2.75, 3.05) is 43.6 Å². The minimum Gasteiger partial charge on any atom is -0.479 e. The van der Waals surface area contributed by atoms with Crippen LogP contribution in [-0.4, -0.2) is 255 Å². The number of carbonyl (C=O) groups is 3. The molecule has 16 N–H and O–H groups in total. The summed E-state index contributed by atoms with van der Waals surface area (Å²) < 4.78 is 69.5. The van der Waals surface area contributed by atoms with E-state index in [1.165, 1.54) is 0 Å². The van der Waals surface area contributed by atoms with Gasteiger partial charge in [0.25, 0.3) is 0 Å². The topological polar surface area (TPSA) is 458 Å². The largest absolute Gasteiger partial charge is 0.479 e. The number of rotatable bonds is 24. The van der Waals surface area contributed by atoms with Crippen molar-refractivity contribution in [3.63, 3.8) is 0 Å². The Hall–Kier alpha value is -2.54. The van der Waals surface area contributed by atoms with Crippen LogP contribution in [0.5, 0.6) is 0 Å². The molecule has 4 rings (SSSR count). The van der Waals surface area contributed by atoms with Gasteiger partial charge >= 0.3 is 11.9 Å². The number of carboxylic acid groups (broad SMARTS) is 2. The van der Waals surface area contributed by atoms with Crippen LogP contribution in [0.2, 0.25) is 0 Å². The van der Waals surface area contributed by atoms with E-state index in [0.29, 0.717) is 37.3 Å². The monoisotopic (exact) mass is 1010 g/mol. The Bertz CT molecular complexity index is 1740. The molecule has 0 spiro atoms. The van der Waals surface area contributed by atoms with Crippen LogP contribution in [-0.2, 0) is 62.1 Å². The third-order valence-corrected chi connectivity index (χ3v) is 13.3. The van der Waals surface area contributed by atoms with Crippen molar-refractivity contribution in [1.82, 2.24) is 5.32 Å². The maximum absolute atomic E-state index is 12.5. The second-order valence-electron chi connectivity index (χ2n) is 16.3. The number of carbonyl (C=O) groups excluding carboxylic acids is 1. The number of amides is 1. The number of aliphatic carboxylic acids is 2. The first-order valence-electron chi connectivity index (χ1n) is 21.3. The average molecular weight is 1010 g/mol. The Kier molecular flexibility index (Phi) is 22.2. The summed E-state index contributed by atoms with van der Waals surface area (Å²) in [6.45, 7) is -0.788. The van der Waals surface area contributed by atoms with Crippen molar-refractivity contribution >= 4 is 46.1 Å². The van der Waals surface area contributed by atoms with Gasteiger partial charge in [-0.2, -0.15) is 12.6 Å². The number of ether oxygens (including phenoxy) is 8. The molecule has 0 radical (unpaired) electrons. The zero-order chi connectivity index (χ0) is 49.9. The van der Waals surface area contributed by atoms with E-state index in [9.17, 15) is 79.0 Å². The number of unbranched alkanes of at least 4 members (excludes halogenated alkanes) is 2. The molecule has 0 saturated carbocycles. The molecule has 388 valence electrons. The Morgan fingerprint density at radius 3 is 1.79 bits per heavy atom. The summed E-state index contributed by atoms with van der Waals surface area (Å²) in [5, 5.41) is 118. The molecule has 20 atom stereocenters. The van der Waals surface area contributed by atoms with Crippen LogP contribution in [0.15, 0.2) is 4.99 Å². The van der Waals surface area contributed by atoms with E-state index in [2.05, 4.69) is 22.9 Å². The van der Waals surface area contributed by atoms with Gasteiger partial charge in [-0.15, -0.1) is 0 Å². The average Bonchev–Trinajstić information content (AvgIpc) is 3.27. The van der Waals surface area contributed by atoms with Gasteiger partial charge in [0.05, 0.1) is 43.1 Å². The van der Waals surface area contributed by atoms with Gasteiger partial charge in [-0.05, 0) is 25.0 Å². The number of thiol groups is 1. The predicted molar refractivity (Wildman–Crippen MR) is 224 cm³/mol. The van der Waals surface area contributed by atoms with Gasteiger partial charge in [0.15, 0.2) is 47.2 Å². The van der Waals surface area contributed by atoms with E-state index < -0.39 is 164 Å². The number of nitrogens with one attached hydrogen (secondary N) is 1. The van der Waals surface area contributed by atoms with E-state index in [0.717, 1.165) is 6.92 Å². The van der Waals surface area contributed by atoms with Crippen molar-refractivity contribution < 1.29 is 117 Å². The highest BCUT2D eigenvalue weighted by Crippen LogP contribution is 2.34. The quantitative estimate of drug-likeness (QED) is 0.0185. The second-order valence-corrected chi connectivity index (χ2v) is 19.1. The van der Waals surface area contributed by atoms with Crippen LogP contribution in [0.3, 0.4) is 0 Å². The molecule has 0 aromatic carbocycles. The molecule has 0 aromatic heterocycles. The van der Waals surface area contributed by atoms with Crippen molar-refractivity contribution in [2.45, 2.75) is 162 Å². The third kappa shape index (κ3) is 15.0. The molecule has 30 heteroatoms. The number of aliphatic hydroxyl groups is 9. The normalized spacial score (nSPS) is 39.7. The lowest BCUT2D eigenvalue weighted by atomic mass is 9.94. The first-order chi connectivity index (χ1) is 31.6. The highest BCUT2D eigenvalue weighted by atomic mass is 32.2. The number of carboxylic acids is 2. The summed E-state index contributed by atoms with van der Waals surface area (Å²) in [6.07, 6.45) is -32.8. The smallest absolute Gasteiger partial charge is 0.335 e. The molecule has 28 nitrogen and oxygen atoms in total. The summed E-state index contributed by atoms with van der Waals surface area (Å²) in [6, 6.07) is -3.16. The minimum absolute atomic E-state index is 0.0324. The lowest BCUT2D eigenvalue weighted by Gasteiger charge is -2.49. The van der Waals surface area contributed by atoms with E-state index in [-0.39, 0.29) is 31.1 Å². The fourth-order valence-electron chi connectivity index (χ4n) is 7.64. The summed E-state index contributed by atoms with van der Waals surface area (Å²) in [5.41, 5.74) is 11.9. The molecule has 0 unspecified atom stereocenters. The number of nitrogens with two attached hydrogens (primary N) is 2. The summed E-state index contributed by atoms with van der Waals surface area (Å²) in [4.78, 5) is 40.4. The van der Waals surface area contributed by atoms with Gasteiger partial charge < -0.3 is 111 Å². The maximum atomic E-state index is 12.5. The summed E-state index contributed by atoms with van der Waals surface area (Å²) in [5.74, 6) is -3.55. The number of hydrogen-bond donors (Lipinski definition) is 15. The number of nitrogens with zero attached hydrogens (tertiary/aromatic N) is 1. The first kappa shape index (κ1) is 57.0. The minimum atomic E-state index is -3.43. The zero-order valence-electron chi connectivity index (χ0n) is 36.2. The summed E-state index contributed by atoms with van der Waals surface area (Å²) in [7, 11) is -3.43. The van der Waals surface area contributed by atoms with E-state index in [1.807, 2.05) is 0 Å². The van der Waals surface area contributed by atoms with Crippen molar-refractivity contribution in [3.8, 4) is 0 Å². The fourth-order valence-corrected chi connectivity index (χ4v) is 9.02. The predicted octanol–water partition coefficient (Wildman–Crippen LogP) is -7.78. The van der Waals surface area contributed by atoms with Crippen molar-refractivity contribution in [3.05, 3.63) is 0 Å². The Morgan fingerprint density at radius 1 is 0.672 bits per heavy atom. The van der Waals surface area contributed by atoms with Crippen LogP contribution in [0.4, 0.5) is 0 Å². The number of hydrogen-bond acceptors (Lipinski definition) is 25. The second kappa shape index (κ2) is 26.1. The summed E-state index contributed by atoms with van der Waals surface area (Å²) >= 11 is 4.10. The van der Waals surface area contributed by atoms with E-state index in [4.69, 9.17) is 49.4 Å². The Morgan fingerprint density at radius 2 is 1.22 bits per heavy atom. The van der Waals surface area contributed by atoms with Crippen LogP contribution in [0, 0.1) is 0 Å². The Balaban J connectivity index is 1.37. The molecule has 0 aromatic rings. The molecule has 67 heavy (non-hydrogen) atoms.